The van der Waals surface area contributed by atoms with E-state index in [-0.39, 0.29) is 0 Å². The Kier molecular flexibility index (Phi) is 11.0. The molecule has 16 rings (SSSR count). The first-order valence-electron chi connectivity index (χ1n) is 27.6. The number of fused-ring (bicyclic) bond motifs is 9. The van der Waals surface area contributed by atoms with Gasteiger partial charge >= 0.3 is 0 Å². The molecule has 0 atom stereocenters. The maximum atomic E-state index is 5.37. The maximum Gasteiger partial charge on any atom is 0.145 e. The molecule has 0 aliphatic carbocycles. The van der Waals surface area contributed by atoms with Crippen LogP contribution in [0, 0.1) is 0 Å². The highest BCUT2D eigenvalue weighted by Gasteiger charge is 2.23. The molecule has 8 heteroatoms. The average molecular weight is 1050 g/mol. The summed E-state index contributed by atoms with van der Waals surface area (Å²) in [6.45, 7) is 0. The molecule has 11 aromatic carbocycles. The van der Waals surface area contributed by atoms with Gasteiger partial charge in [-0.1, -0.05) is 158 Å². The zero-order valence-corrected chi connectivity index (χ0v) is 44.3. The Hall–Kier alpha value is -11.2. The maximum absolute atomic E-state index is 5.37. The second-order valence-electron chi connectivity index (χ2n) is 20.7. The Morgan fingerprint density at radius 2 is 0.549 bits per heavy atom. The van der Waals surface area contributed by atoms with Crippen LogP contribution in [0.4, 0.5) is 34.4 Å². The van der Waals surface area contributed by atoms with E-state index in [9.17, 15) is 0 Å². The van der Waals surface area contributed by atoms with Crippen LogP contribution in [0.25, 0.3) is 110 Å². The summed E-state index contributed by atoms with van der Waals surface area (Å²) in [4.78, 5) is 25.4. The van der Waals surface area contributed by atoms with Crippen molar-refractivity contribution in [1.82, 2.24) is 29.1 Å². The number of pyridine rings is 2. The van der Waals surface area contributed by atoms with Crippen molar-refractivity contribution >= 4 is 111 Å². The average Bonchev–Trinajstić information content (AvgIpc) is 4.18. The Bertz CT molecular complexity index is 4660. The highest BCUT2D eigenvalue weighted by molar-refractivity contribution is 6.10. The van der Waals surface area contributed by atoms with E-state index in [0.29, 0.717) is 0 Å². The monoisotopic (exact) mass is 1050 g/mol. The number of aromatic nitrogens is 6. The summed E-state index contributed by atoms with van der Waals surface area (Å²) in [5.41, 5.74) is 15.9. The van der Waals surface area contributed by atoms with E-state index in [0.717, 1.165) is 101 Å². The molecule has 0 spiro atoms. The summed E-state index contributed by atoms with van der Waals surface area (Å²) in [6, 6.07) is 98.6. The molecule has 0 N–H and O–H groups in total. The topological polar surface area (TPSA) is 67.9 Å². The molecule has 0 radical (unpaired) electrons. The highest BCUT2D eigenvalue weighted by Crippen LogP contribution is 2.43. The molecule has 0 saturated carbocycles. The second-order valence-corrected chi connectivity index (χ2v) is 20.7. The molecule has 0 saturated heterocycles. The van der Waals surface area contributed by atoms with Gasteiger partial charge in [0.05, 0.1) is 44.5 Å². The lowest BCUT2D eigenvalue weighted by atomic mass is 10.0. The molecule has 0 amide bonds. The molecule has 0 aliphatic rings. The largest absolute Gasteiger partial charge is 0.309 e. The van der Waals surface area contributed by atoms with Crippen LogP contribution in [0.15, 0.2) is 291 Å². The number of para-hydroxylation sites is 6. The fraction of sp³-hybridized carbons (Fsp3) is 0. The molecule has 0 unspecified atom stereocenters. The standard InChI is InChI=1S/C74H48N8/c1-3-17-59-49(15-1)45-47-75-73(59)79(55-37-41-57(42-38-55)81-67-25-11-5-19-61(67)62-20-6-12-26-68(62)81)53-33-29-51(30-34-53)71-72(78-66-24-10-9-23-65(66)77-71)52-31-35-54(36-32-52)80(74-60-18-4-2-16-50(60)46-48-76-74)56-39-43-58(44-40-56)82-69-27-13-7-21-63(69)64-22-8-14-28-70(64)82/h1-48H. The molecule has 5 aromatic heterocycles. The minimum Gasteiger partial charge on any atom is -0.309 e. The fourth-order valence-corrected chi connectivity index (χ4v) is 12.2. The Morgan fingerprint density at radius 3 is 0.902 bits per heavy atom. The van der Waals surface area contributed by atoms with Gasteiger partial charge in [-0.3, -0.25) is 9.80 Å². The lowest BCUT2D eigenvalue weighted by Gasteiger charge is -2.26. The van der Waals surface area contributed by atoms with Crippen molar-refractivity contribution in [3.63, 3.8) is 0 Å². The molecule has 5 heterocycles. The third kappa shape index (κ3) is 7.76. The van der Waals surface area contributed by atoms with Crippen molar-refractivity contribution in [2.24, 2.45) is 0 Å². The van der Waals surface area contributed by atoms with Gasteiger partial charge in [-0.05, 0) is 132 Å². The smallest absolute Gasteiger partial charge is 0.145 e. The van der Waals surface area contributed by atoms with E-state index in [1.807, 2.05) is 36.7 Å². The van der Waals surface area contributed by atoms with E-state index < -0.39 is 0 Å². The van der Waals surface area contributed by atoms with Crippen molar-refractivity contribution in [1.29, 1.82) is 0 Å². The number of anilines is 6. The predicted molar refractivity (Wildman–Crippen MR) is 339 cm³/mol. The molecule has 8 nitrogen and oxygen atoms in total. The van der Waals surface area contributed by atoms with E-state index >= 15 is 0 Å². The van der Waals surface area contributed by atoms with Crippen LogP contribution in [0.5, 0.6) is 0 Å². The van der Waals surface area contributed by atoms with Gasteiger partial charge < -0.3 is 9.13 Å². The number of nitrogens with zero attached hydrogens (tertiary/aromatic N) is 8. The third-order valence-corrected chi connectivity index (χ3v) is 16.0. The Morgan fingerprint density at radius 1 is 0.256 bits per heavy atom. The van der Waals surface area contributed by atoms with Gasteiger partial charge in [0.25, 0.3) is 0 Å². The van der Waals surface area contributed by atoms with Gasteiger partial charge in [0.1, 0.15) is 11.6 Å². The van der Waals surface area contributed by atoms with Gasteiger partial charge in [-0.2, -0.15) is 0 Å². The first-order chi connectivity index (χ1) is 40.7. The minimum absolute atomic E-state index is 0.789. The van der Waals surface area contributed by atoms with Crippen LogP contribution in [-0.4, -0.2) is 29.1 Å². The van der Waals surface area contributed by atoms with Gasteiger partial charge in [-0.15, -0.1) is 0 Å². The molecular formula is C74H48N8. The Labute approximate surface area is 472 Å². The van der Waals surface area contributed by atoms with Crippen LogP contribution in [0.2, 0.25) is 0 Å². The Balaban J connectivity index is 0.786. The summed E-state index contributed by atoms with van der Waals surface area (Å²) in [5.74, 6) is 1.68. The van der Waals surface area contributed by atoms with Gasteiger partial charge in [0.15, 0.2) is 0 Å². The summed E-state index contributed by atoms with van der Waals surface area (Å²) in [7, 11) is 0. The van der Waals surface area contributed by atoms with Crippen molar-refractivity contribution in [3.8, 4) is 33.9 Å². The molecule has 0 aliphatic heterocycles. The minimum atomic E-state index is 0.789. The normalized spacial score (nSPS) is 11.7. The first-order valence-corrected chi connectivity index (χ1v) is 27.6. The van der Waals surface area contributed by atoms with Crippen molar-refractivity contribution < 1.29 is 0 Å². The van der Waals surface area contributed by atoms with Crippen LogP contribution in [0.3, 0.4) is 0 Å². The van der Waals surface area contributed by atoms with Crippen LogP contribution < -0.4 is 9.80 Å². The lowest BCUT2D eigenvalue weighted by molar-refractivity contribution is 1.16. The SMILES string of the molecule is c1ccc2c(N(c3ccc(-c4nc5ccccc5nc4-c4ccc(N(c5ccc(-n6c7ccccc7c7ccccc76)cc5)c5nccc6ccccc56)cc4)cc3)c3ccc(-n4c5ccccc5c5ccccc54)cc3)nccc2c1. The zero-order chi connectivity index (χ0) is 54.1. The van der Waals surface area contributed by atoms with Crippen LogP contribution in [-0.2, 0) is 0 Å². The summed E-state index contributed by atoms with van der Waals surface area (Å²) < 4.78 is 4.70. The second kappa shape index (κ2) is 19.3. The van der Waals surface area contributed by atoms with Crippen molar-refractivity contribution in [2.75, 3.05) is 9.80 Å². The third-order valence-electron chi connectivity index (χ3n) is 16.0. The predicted octanol–water partition coefficient (Wildman–Crippen LogP) is 19.2. The van der Waals surface area contributed by atoms with E-state index in [1.165, 1.54) is 43.6 Å². The quantitative estimate of drug-likeness (QED) is 0.136. The molecule has 0 bridgehead atoms. The zero-order valence-electron chi connectivity index (χ0n) is 44.3. The van der Waals surface area contributed by atoms with Crippen LogP contribution in [0.1, 0.15) is 0 Å². The number of hydrogen-bond donors (Lipinski definition) is 0. The number of rotatable bonds is 10. The molecule has 82 heavy (non-hydrogen) atoms. The summed E-state index contributed by atoms with van der Waals surface area (Å²) in [6.07, 6.45) is 3.80. The first kappa shape index (κ1) is 46.8. The number of hydrogen-bond acceptors (Lipinski definition) is 6. The van der Waals surface area contributed by atoms with Gasteiger partial charge in [0, 0.05) is 90.0 Å². The molecule has 384 valence electrons. The molecule has 16 aromatic rings. The number of benzene rings is 11. The summed E-state index contributed by atoms with van der Waals surface area (Å²) >= 11 is 0. The van der Waals surface area contributed by atoms with Crippen molar-refractivity contribution in [2.45, 2.75) is 0 Å². The fourth-order valence-electron chi connectivity index (χ4n) is 12.2. The highest BCUT2D eigenvalue weighted by atomic mass is 15.2. The van der Waals surface area contributed by atoms with E-state index in [2.05, 4.69) is 274 Å². The molecule has 0 fully saturated rings. The summed E-state index contributed by atoms with van der Waals surface area (Å²) in [5, 5.41) is 9.26. The van der Waals surface area contributed by atoms with E-state index in [1.54, 1.807) is 0 Å². The van der Waals surface area contributed by atoms with Gasteiger partial charge in [0.2, 0.25) is 0 Å². The van der Waals surface area contributed by atoms with Gasteiger partial charge in [-0.25, -0.2) is 19.9 Å². The molecular weight excluding hydrogens is 1000 g/mol. The van der Waals surface area contributed by atoms with Crippen LogP contribution >= 0.6 is 0 Å². The van der Waals surface area contributed by atoms with Crippen molar-refractivity contribution in [3.05, 3.63) is 291 Å². The lowest BCUT2D eigenvalue weighted by Crippen LogP contribution is -2.12. The van der Waals surface area contributed by atoms with E-state index in [4.69, 9.17) is 19.9 Å².